The van der Waals surface area contributed by atoms with Crippen molar-refractivity contribution in [2.75, 3.05) is 24.5 Å². The molecule has 1 saturated heterocycles. The molecule has 1 aliphatic rings. The molecule has 2 unspecified atom stereocenters. The van der Waals surface area contributed by atoms with Gasteiger partial charge in [0.15, 0.2) is 0 Å². The van der Waals surface area contributed by atoms with Crippen molar-refractivity contribution in [3.63, 3.8) is 0 Å². The van der Waals surface area contributed by atoms with E-state index in [-0.39, 0.29) is 0 Å². The van der Waals surface area contributed by atoms with Crippen LogP contribution >= 0.6 is 0 Å². The molecule has 0 spiro atoms. The quantitative estimate of drug-likeness (QED) is 0.835. The first-order valence-electron chi connectivity index (χ1n) is 8.01. The summed E-state index contributed by atoms with van der Waals surface area (Å²) in [6.45, 7) is 13.4. The highest BCUT2D eigenvalue weighted by Gasteiger charge is 2.23. The molecule has 1 aromatic heterocycles. The Hall–Kier alpha value is -1.09. The van der Waals surface area contributed by atoms with Crippen LogP contribution in [0.3, 0.4) is 0 Å². The second-order valence-electron chi connectivity index (χ2n) is 6.48. The van der Waals surface area contributed by atoms with Gasteiger partial charge in [-0.05, 0) is 44.2 Å². The fourth-order valence-electron chi connectivity index (χ4n) is 3.26. The van der Waals surface area contributed by atoms with Gasteiger partial charge in [0.1, 0.15) is 0 Å². The van der Waals surface area contributed by atoms with E-state index in [1.807, 2.05) is 0 Å². The lowest BCUT2D eigenvalue weighted by Crippen LogP contribution is -2.39. The Morgan fingerprint density at radius 3 is 2.65 bits per heavy atom. The third-order valence-electron chi connectivity index (χ3n) is 4.05. The van der Waals surface area contributed by atoms with Gasteiger partial charge in [0.2, 0.25) is 0 Å². The van der Waals surface area contributed by atoms with Crippen molar-refractivity contribution in [3.8, 4) is 0 Å². The number of hydrogen-bond donors (Lipinski definition) is 1. The van der Waals surface area contributed by atoms with Gasteiger partial charge in [-0.2, -0.15) is 0 Å². The molecular formula is C17H29N3. The van der Waals surface area contributed by atoms with Gasteiger partial charge >= 0.3 is 0 Å². The largest absolute Gasteiger partial charge is 0.371 e. The molecule has 1 fully saturated rings. The van der Waals surface area contributed by atoms with Crippen LogP contribution in [0.5, 0.6) is 0 Å². The molecule has 0 amide bonds. The molecule has 0 aromatic carbocycles. The number of nitrogens with zero attached hydrogens (tertiary/aromatic N) is 2. The van der Waals surface area contributed by atoms with Crippen molar-refractivity contribution in [1.82, 2.24) is 10.3 Å². The summed E-state index contributed by atoms with van der Waals surface area (Å²) in [5, 5.41) is 3.51. The molecule has 1 aliphatic heterocycles. The fraction of sp³-hybridized carbons (Fsp3) is 0.706. The summed E-state index contributed by atoms with van der Waals surface area (Å²) >= 11 is 0. The highest BCUT2D eigenvalue weighted by atomic mass is 15.1. The molecule has 1 N–H and O–H groups in total. The van der Waals surface area contributed by atoms with Gasteiger partial charge in [0.25, 0.3) is 0 Å². The van der Waals surface area contributed by atoms with Crippen molar-refractivity contribution in [3.05, 3.63) is 23.5 Å². The first-order valence-corrected chi connectivity index (χ1v) is 8.01. The van der Waals surface area contributed by atoms with E-state index < -0.39 is 0 Å². The number of pyridine rings is 1. The zero-order valence-electron chi connectivity index (χ0n) is 13.4. The second-order valence-corrected chi connectivity index (χ2v) is 6.48. The maximum Gasteiger partial charge on any atom is 0.0445 e. The lowest BCUT2D eigenvalue weighted by molar-refractivity contribution is 0.356. The summed E-state index contributed by atoms with van der Waals surface area (Å²) in [6, 6.07) is 2.26. The van der Waals surface area contributed by atoms with Crippen molar-refractivity contribution in [2.45, 2.75) is 47.1 Å². The van der Waals surface area contributed by atoms with Gasteiger partial charge in [-0.3, -0.25) is 4.98 Å². The van der Waals surface area contributed by atoms with Gasteiger partial charge in [-0.1, -0.05) is 20.8 Å². The van der Waals surface area contributed by atoms with Gasteiger partial charge in [0.05, 0.1) is 0 Å². The van der Waals surface area contributed by atoms with Crippen LogP contribution in [0.4, 0.5) is 5.69 Å². The zero-order chi connectivity index (χ0) is 14.5. The van der Waals surface area contributed by atoms with E-state index in [0.29, 0.717) is 0 Å². The van der Waals surface area contributed by atoms with E-state index in [2.05, 4.69) is 55.2 Å². The Bertz CT molecular complexity index is 420. The summed E-state index contributed by atoms with van der Waals surface area (Å²) in [7, 11) is 0. The lowest BCUT2D eigenvalue weighted by atomic mass is 9.91. The van der Waals surface area contributed by atoms with Crippen LogP contribution in [0, 0.1) is 18.8 Å². The number of nitrogens with one attached hydrogen (secondary N) is 1. The van der Waals surface area contributed by atoms with E-state index in [1.54, 1.807) is 0 Å². The molecule has 3 heteroatoms. The smallest absolute Gasteiger partial charge is 0.0445 e. The van der Waals surface area contributed by atoms with Crippen molar-refractivity contribution < 1.29 is 0 Å². The normalized spacial score (nSPS) is 23.1. The van der Waals surface area contributed by atoms with Crippen molar-refractivity contribution in [1.29, 1.82) is 0 Å². The molecule has 2 atom stereocenters. The van der Waals surface area contributed by atoms with Gasteiger partial charge in [-0.15, -0.1) is 0 Å². The maximum atomic E-state index is 4.48. The Morgan fingerprint density at radius 2 is 2.00 bits per heavy atom. The van der Waals surface area contributed by atoms with Crippen LogP contribution in [-0.2, 0) is 6.54 Å². The molecule has 2 heterocycles. The monoisotopic (exact) mass is 275 g/mol. The SMILES string of the molecule is CCCNCc1cnc(C)cc1N1CC(C)CC(C)C1. The van der Waals surface area contributed by atoms with Crippen LogP contribution in [-0.4, -0.2) is 24.6 Å². The molecule has 112 valence electrons. The minimum atomic E-state index is 0.781. The third kappa shape index (κ3) is 3.95. The maximum absolute atomic E-state index is 4.48. The number of aryl methyl sites for hydroxylation is 1. The second kappa shape index (κ2) is 7.07. The highest BCUT2D eigenvalue weighted by molar-refractivity contribution is 5.54. The average Bonchev–Trinajstić information content (AvgIpc) is 2.39. The van der Waals surface area contributed by atoms with E-state index in [1.165, 1.54) is 37.2 Å². The predicted molar refractivity (Wildman–Crippen MR) is 86.1 cm³/mol. The molecule has 1 aromatic rings. The van der Waals surface area contributed by atoms with Crippen LogP contribution in [0.15, 0.2) is 12.3 Å². The average molecular weight is 275 g/mol. The topological polar surface area (TPSA) is 28.2 Å². The summed E-state index contributed by atoms with van der Waals surface area (Å²) < 4.78 is 0. The Labute approximate surface area is 123 Å². The summed E-state index contributed by atoms with van der Waals surface area (Å²) in [5.41, 5.74) is 3.84. The molecule has 3 nitrogen and oxygen atoms in total. The number of piperidine rings is 1. The van der Waals surface area contributed by atoms with Crippen LogP contribution < -0.4 is 10.2 Å². The number of anilines is 1. The van der Waals surface area contributed by atoms with Gasteiger partial charge < -0.3 is 10.2 Å². The van der Waals surface area contributed by atoms with E-state index in [9.17, 15) is 0 Å². The minimum absolute atomic E-state index is 0.781. The molecule has 0 saturated carbocycles. The van der Waals surface area contributed by atoms with Gasteiger partial charge in [-0.25, -0.2) is 0 Å². The fourth-order valence-corrected chi connectivity index (χ4v) is 3.26. The highest BCUT2D eigenvalue weighted by Crippen LogP contribution is 2.29. The standard InChI is InChI=1S/C17H29N3/c1-5-6-18-9-16-10-19-15(4)8-17(16)20-11-13(2)7-14(3)12-20/h8,10,13-14,18H,5-7,9,11-12H2,1-4H3. The number of hydrogen-bond acceptors (Lipinski definition) is 3. The number of aromatic nitrogens is 1. The summed E-state index contributed by atoms with van der Waals surface area (Å²) in [5.74, 6) is 1.56. The summed E-state index contributed by atoms with van der Waals surface area (Å²) in [4.78, 5) is 7.05. The molecule has 0 aliphatic carbocycles. The zero-order valence-corrected chi connectivity index (χ0v) is 13.4. The first kappa shape index (κ1) is 15.3. The van der Waals surface area contributed by atoms with Crippen molar-refractivity contribution >= 4 is 5.69 Å². The van der Waals surface area contributed by atoms with Gasteiger partial charge in [0, 0.05) is 42.8 Å². The van der Waals surface area contributed by atoms with E-state index in [0.717, 1.165) is 30.6 Å². The van der Waals surface area contributed by atoms with Crippen LogP contribution in [0.25, 0.3) is 0 Å². The molecule has 20 heavy (non-hydrogen) atoms. The number of rotatable bonds is 5. The molecule has 0 radical (unpaired) electrons. The third-order valence-corrected chi connectivity index (χ3v) is 4.05. The Kier molecular flexibility index (Phi) is 5.41. The minimum Gasteiger partial charge on any atom is -0.371 e. The van der Waals surface area contributed by atoms with Crippen LogP contribution in [0.1, 0.15) is 44.9 Å². The lowest BCUT2D eigenvalue weighted by Gasteiger charge is -2.37. The molecular weight excluding hydrogens is 246 g/mol. The predicted octanol–water partition coefficient (Wildman–Crippen LogP) is 3.37. The molecule has 2 rings (SSSR count). The molecule has 0 bridgehead atoms. The van der Waals surface area contributed by atoms with Crippen molar-refractivity contribution in [2.24, 2.45) is 11.8 Å². The Balaban J connectivity index is 2.17. The van der Waals surface area contributed by atoms with Crippen LogP contribution in [0.2, 0.25) is 0 Å². The van der Waals surface area contributed by atoms with E-state index in [4.69, 9.17) is 0 Å². The Morgan fingerprint density at radius 1 is 1.30 bits per heavy atom. The summed E-state index contributed by atoms with van der Waals surface area (Å²) in [6.07, 6.45) is 4.58. The first-order chi connectivity index (χ1) is 9.60. The van der Waals surface area contributed by atoms with E-state index >= 15 is 0 Å².